The number of benzene rings is 1. The summed E-state index contributed by atoms with van der Waals surface area (Å²) in [6.07, 6.45) is 5.28. The predicted octanol–water partition coefficient (Wildman–Crippen LogP) is 2.60. The van der Waals surface area contributed by atoms with Crippen LogP contribution < -0.4 is 10.1 Å². The lowest BCUT2D eigenvalue weighted by Gasteiger charge is -2.32. The molecule has 1 aliphatic carbocycles. The second-order valence-corrected chi connectivity index (χ2v) is 6.10. The quantitative estimate of drug-likeness (QED) is 0.908. The number of hydrogen-bond acceptors (Lipinski definition) is 3. The third-order valence-corrected chi connectivity index (χ3v) is 4.47. The molecule has 0 aliphatic heterocycles. The SMILES string of the molecule is CNC(=O)c1ccc(O[C@H](C)C(=O)N(C)C2CCCCC2)cc1. The Kier molecular flexibility index (Phi) is 6.02. The zero-order valence-corrected chi connectivity index (χ0v) is 14.2. The highest BCUT2D eigenvalue weighted by Gasteiger charge is 2.26. The van der Waals surface area contributed by atoms with Gasteiger partial charge in [0.15, 0.2) is 6.10 Å². The van der Waals surface area contributed by atoms with E-state index in [1.165, 1.54) is 19.3 Å². The van der Waals surface area contributed by atoms with Gasteiger partial charge >= 0.3 is 0 Å². The van der Waals surface area contributed by atoms with Gasteiger partial charge in [-0.1, -0.05) is 19.3 Å². The highest BCUT2D eigenvalue weighted by atomic mass is 16.5. The molecule has 2 rings (SSSR count). The number of rotatable bonds is 5. The van der Waals surface area contributed by atoms with Crippen molar-refractivity contribution in [3.63, 3.8) is 0 Å². The minimum atomic E-state index is -0.534. The fraction of sp³-hybridized carbons (Fsp3) is 0.556. The number of likely N-dealkylation sites (N-methyl/N-ethyl adjacent to an activating group) is 1. The second kappa shape index (κ2) is 7.99. The molecule has 0 aromatic heterocycles. The average molecular weight is 318 g/mol. The van der Waals surface area contributed by atoms with Crippen molar-refractivity contribution in [3.8, 4) is 5.75 Å². The van der Waals surface area contributed by atoms with Crippen LogP contribution in [0.15, 0.2) is 24.3 Å². The fourth-order valence-electron chi connectivity index (χ4n) is 3.02. The molecule has 0 heterocycles. The van der Waals surface area contributed by atoms with Crippen LogP contribution in [0.2, 0.25) is 0 Å². The number of nitrogens with zero attached hydrogens (tertiary/aromatic N) is 1. The van der Waals surface area contributed by atoms with Gasteiger partial charge in [0.1, 0.15) is 5.75 Å². The van der Waals surface area contributed by atoms with Gasteiger partial charge in [-0.2, -0.15) is 0 Å². The summed E-state index contributed by atoms with van der Waals surface area (Å²) in [4.78, 5) is 25.8. The van der Waals surface area contributed by atoms with E-state index in [1.54, 1.807) is 38.2 Å². The van der Waals surface area contributed by atoms with Crippen molar-refractivity contribution in [3.05, 3.63) is 29.8 Å². The third kappa shape index (κ3) is 4.47. The van der Waals surface area contributed by atoms with Crippen molar-refractivity contribution in [1.29, 1.82) is 0 Å². The Hall–Kier alpha value is -2.04. The summed E-state index contributed by atoms with van der Waals surface area (Å²) >= 11 is 0. The molecule has 1 N–H and O–H groups in total. The summed E-state index contributed by atoms with van der Waals surface area (Å²) < 4.78 is 5.73. The van der Waals surface area contributed by atoms with E-state index >= 15 is 0 Å². The molecule has 1 aliphatic rings. The fourth-order valence-corrected chi connectivity index (χ4v) is 3.02. The summed E-state index contributed by atoms with van der Waals surface area (Å²) in [5, 5.41) is 2.57. The maximum atomic E-state index is 12.5. The van der Waals surface area contributed by atoms with Gasteiger partial charge < -0.3 is 15.0 Å². The number of hydrogen-bond donors (Lipinski definition) is 1. The van der Waals surface area contributed by atoms with Gasteiger partial charge in [0.25, 0.3) is 11.8 Å². The summed E-state index contributed by atoms with van der Waals surface area (Å²) in [5.41, 5.74) is 0.568. The molecule has 5 nitrogen and oxygen atoms in total. The van der Waals surface area contributed by atoms with E-state index in [4.69, 9.17) is 4.74 Å². The van der Waals surface area contributed by atoms with Crippen LogP contribution in [0, 0.1) is 0 Å². The minimum absolute atomic E-state index is 0.00674. The summed E-state index contributed by atoms with van der Waals surface area (Å²) in [7, 11) is 3.46. The van der Waals surface area contributed by atoms with E-state index in [1.807, 2.05) is 11.9 Å². The maximum Gasteiger partial charge on any atom is 0.263 e. The van der Waals surface area contributed by atoms with Crippen molar-refractivity contribution >= 4 is 11.8 Å². The van der Waals surface area contributed by atoms with E-state index in [0.29, 0.717) is 17.4 Å². The summed E-state index contributed by atoms with van der Waals surface area (Å²) in [6.45, 7) is 1.77. The van der Waals surface area contributed by atoms with Crippen LogP contribution in [0.1, 0.15) is 49.4 Å². The Morgan fingerprint density at radius 2 is 1.78 bits per heavy atom. The van der Waals surface area contributed by atoms with Crippen LogP contribution in [0.25, 0.3) is 0 Å². The van der Waals surface area contributed by atoms with E-state index in [0.717, 1.165) is 12.8 Å². The second-order valence-electron chi connectivity index (χ2n) is 6.10. The molecule has 1 saturated carbocycles. The summed E-state index contributed by atoms with van der Waals surface area (Å²) in [5.74, 6) is 0.459. The van der Waals surface area contributed by atoms with Crippen molar-refractivity contribution < 1.29 is 14.3 Å². The highest BCUT2D eigenvalue weighted by Crippen LogP contribution is 2.23. The Balaban J connectivity index is 1.93. The Labute approximate surface area is 138 Å². The van der Waals surface area contributed by atoms with Crippen molar-refractivity contribution in [1.82, 2.24) is 10.2 Å². The van der Waals surface area contributed by atoms with Crippen molar-refractivity contribution in [2.75, 3.05) is 14.1 Å². The first-order valence-corrected chi connectivity index (χ1v) is 8.28. The standard InChI is InChI=1S/C18H26N2O3/c1-13(18(22)20(3)15-7-5-4-6-8-15)23-16-11-9-14(10-12-16)17(21)19-2/h9-13,15H,4-8H2,1-3H3,(H,19,21)/t13-/m1/s1. The average Bonchev–Trinajstić information content (AvgIpc) is 2.61. The van der Waals surface area contributed by atoms with Crippen molar-refractivity contribution in [2.24, 2.45) is 0 Å². The third-order valence-electron chi connectivity index (χ3n) is 4.47. The molecule has 1 atom stereocenters. The summed E-state index contributed by atoms with van der Waals surface area (Å²) in [6, 6.07) is 7.15. The molecule has 0 saturated heterocycles. The molecule has 23 heavy (non-hydrogen) atoms. The normalized spacial score (nSPS) is 16.5. The van der Waals surface area contributed by atoms with Gasteiger partial charge in [-0.05, 0) is 44.0 Å². The van der Waals surface area contributed by atoms with Crippen LogP contribution in [0.5, 0.6) is 5.75 Å². The molecule has 1 aromatic carbocycles. The number of amides is 2. The first-order chi connectivity index (χ1) is 11.0. The molecule has 5 heteroatoms. The van der Waals surface area contributed by atoms with Gasteiger partial charge in [-0.15, -0.1) is 0 Å². The minimum Gasteiger partial charge on any atom is -0.481 e. The zero-order valence-electron chi connectivity index (χ0n) is 14.2. The molecule has 1 fully saturated rings. The molecule has 0 spiro atoms. The van der Waals surface area contributed by atoms with Crippen LogP contribution in [-0.4, -0.2) is 43.0 Å². The Bertz CT molecular complexity index is 536. The predicted molar refractivity (Wildman–Crippen MR) is 89.6 cm³/mol. The number of ether oxygens (including phenoxy) is 1. The number of carbonyl (C=O) groups excluding carboxylic acids is 2. The van der Waals surface area contributed by atoms with Crippen LogP contribution in [0.4, 0.5) is 0 Å². The number of nitrogens with one attached hydrogen (secondary N) is 1. The van der Waals surface area contributed by atoms with E-state index in [2.05, 4.69) is 5.32 Å². The first kappa shape index (κ1) is 17.3. The monoisotopic (exact) mass is 318 g/mol. The van der Waals surface area contributed by atoms with E-state index in [-0.39, 0.29) is 11.8 Å². The van der Waals surface area contributed by atoms with E-state index < -0.39 is 6.10 Å². The Morgan fingerprint density at radius 3 is 2.35 bits per heavy atom. The zero-order chi connectivity index (χ0) is 16.8. The van der Waals surface area contributed by atoms with Gasteiger partial charge in [0.2, 0.25) is 0 Å². The van der Waals surface area contributed by atoms with E-state index in [9.17, 15) is 9.59 Å². The van der Waals surface area contributed by atoms with Gasteiger partial charge in [0, 0.05) is 25.7 Å². The first-order valence-electron chi connectivity index (χ1n) is 8.28. The van der Waals surface area contributed by atoms with Gasteiger partial charge in [-0.3, -0.25) is 9.59 Å². The topological polar surface area (TPSA) is 58.6 Å². The molecule has 0 bridgehead atoms. The Morgan fingerprint density at radius 1 is 1.17 bits per heavy atom. The van der Waals surface area contributed by atoms with Gasteiger partial charge in [0.05, 0.1) is 0 Å². The van der Waals surface area contributed by atoms with Gasteiger partial charge in [-0.25, -0.2) is 0 Å². The molecular weight excluding hydrogens is 292 g/mol. The molecular formula is C18H26N2O3. The molecule has 2 amide bonds. The molecule has 1 aromatic rings. The molecule has 126 valence electrons. The molecule has 0 unspecified atom stereocenters. The lowest BCUT2D eigenvalue weighted by molar-refractivity contribution is -0.139. The lowest BCUT2D eigenvalue weighted by Crippen LogP contribution is -2.44. The van der Waals surface area contributed by atoms with Crippen LogP contribution in [0.3, 0.4) is 0 Å². The highest BCUT2D eigenvalue weighted by molar-refractivity contribution is 5.94. The van der Waals surface area contributed by atoms with Crippen molar-refractivity contribution in [2.45, 2.75) is 51.2 Å². The largest absolute Gasteiger partial charge is 0.481 e. The van der Waals surface area contributed by atoms with Crippen LogP contribution in [-0.2, 0) is 4.79 Å². The lowest BCUT2D eigenvalue weighted by atomic mass is 9.94. The molecule has 0 radical (unpaired) electrons. The van der Waals surface area contributed by atoms with Crippen LogP contribution >= 0.6 is 0 Å². The smallest absolute Gasteiger partial charge is 0.263 e. The number of carbonyl (C=O) groups is 2. The maximum absolute atomic E-state index is 12.5.